The minimum atomic E-state index is -1.14. The number of aromatic nitrogens is 1. The van der Waals surface area contributed by atoms with Crippen molar-refractivity contribution in [1.82, 2.24) is 25.8 Å². The van der Waals surface area contributed by atoms with Crippen LogP contribution in [0.15, 0.2) is 102 Å². The Bertz CT molecular complexity index is 2630. The first kappa shape index (κ1) is 50.3. The Hall–Kier alpha value is -6.57. The van der Waals surface area contributed by atoms with Gasteiger partial charge in [0.15, 0.2) is 18.3 Å². The molecule has 364 valence electrons. The number of ether oxygens (including phenoxy) is 3. The summed E-state index contributed by atoms with van der Waals surface area (Å²) >= 11 is 0. The van der Waals surface area contributed by atoms with Gasteiger partial charge in [-0.15, -0.1) is 0 Å². The van der Waals surface area contributed by atoms with Crippen molar-refractivity contribution in [2.24, 2.45) is 16.2 Å². The van der Waals surface area contributed by atoms with E-state index in [1.54, 1.807) is 42.5 Å². The first-order chi connectivity index (χ1) is 32.6. The van der Waals surface area contributed by atoms with Gasteiger partial charge in [0, 0.05) is 36.3 Å². The molecule has 15 nitrogen and oxygen atoms in total. The number of β-amino-alcohol motifs (C(OH)–C–C–N with tert-alkyl or cyclic N) is 1. The lowest BCUT2D eigenvalue weighted by molar-refractivity contribution is -0.245. The number of nitrogens with one attached hydrogen (secondary N) is 3. The molecule has 4 aromatic carbocycles. The Labute approximate surface area is 404 Å². The molecule has 1 aliphatic heterocycles. The molecule has 1 aromatic heterocycles. The number of hydrogen-bond donors (Lipinski definition) is 5. The van der Waals surface area contributed by atoms with Crippen LogP contribution in [0.25, 0.3) is 11.3 Å². The summed E-state index contributed by atoms with van der Waals surface area (Å²) in [6, 6.07) is 27.8. The third-order valence-corrected chi connectivity index (χ3v) is 13.4. The van der Waals surface area contributed by atoms with Gasteiger partial charge in [0.25, 0.3) is 11.7 Å². The van der Waals surface area contributed by atoms with E-state index in [0.29, 0.717) is 34.9 Å². The number of carbonyl (C=O) groups excluding carboxylic acids is 3. The van der Waals surface area contributed by atoms with Crippen molar-refractivity contribution in [3.8, 4) is 34.6 Å². The van der Waals surface area contributed by atoms with E-state index in [0.717, 1.165) is 33.7 Å². The Morgan fingerprint density at radius 3 is 2.17 bits per heavy atom. The summed E-state index contributed by atoms with van der Waals surface area (Å²) in [5.41, 5.74) is 4.07. The standard InChI is InChI=1S/C54H64N6O9/c1-32-24-42(23-18-38(32)26-55)69-51-53(6,7)50(54(51,8)9)59-47(63)37-16-21-41(22-17-37)68-40-19-12-35(13-20-40)29-66-30-44(62)58-46(52(3,4)5)49(65)60-28-39(61)25-43(60)48(64)56-27-34-10-14-36(15-11-34)45-33(2)57-31-67-45/h10-24,31,39,43,46,48,50-51,56,61,64H,25,27-30H2,1-9H3,(H,58,62)(H,59,63)/p+1/t39-,43+,46?,48?,50?,51?/m1/s1. The van der Waals surface area contributed by atoms with Crippen molar-refractivity contribution >= 4 is 17.7 Å². The highest BCUT2D eigenvalue weighted by atomic mass is 16.5. The van der Waals surface area contributed by atoms with Gasteiger partial charge in [-0.25, -0.2) is 4.98 Å². The molecule has 2 unspecified atom stereocenters. The smallest absolute Gasteiger partial charge is 0.255 e. The van der Waals surface area contributed by atoms with Gasteiger partial charge >= 0.3 is 0 Å². The largest absolute Gasteiger partial charge is 0.580 e. The molecule has 0 bridgehead atoms. The molecule has 7 rings (SSSR count). The van der Waals surface area contributed by atoms with Gasteiger partial charge in [-0.1, -0.05) is 57.2 Å². The lowest BCUT2D eigenvalue weighted by Gasteiger charge is -2.60. The summed E-state index contributed by atoms with van der Waals surface area (Å²) in [4.78, 5) is 46.4. The van der Waals surface area contributed by atoms with E-state index in [1.165, 1.54) is 11.3 Å². The predicted molar refractivity (Wildman–Crippen MR) is 260 cm³/mol. The number of nitrogens with zero attached hydrogens (tertiary/aromatic N) is 3. The van der Waals surface area contributed by atoms with Crippen LogP contribution in [0.3, 0.4) is 0 Å². The monoisotopic (exact) mass is 941 g/mol. The van der Waals surface area contributed by atoms with Gasteiger partial charge in [-0.05, 0) is 113 Å². The average molecular weight is 942 g/mol. The highest BCUT2D eigenvalue weighted by molar-refractivity contribution is 5.94. The number of amides is 3. The molecule has 1 aliphatic carbocycles. The number of aromatic hydroxyl groups is 1. The zero-order valence-corrected chi connectivity index (χ0v) is 40.9. The maximum absolute atomic E-state index is 14.1. The van der Waals surface area contributed by atoms with E-state index in [-0.39, 0.29) is 55.1 Å². The first-order valence-corrected chi connectivity index (χ1v) is 23.3. The van der Waals surface area contributed by atoms with Gasteiger partial charge in [-0.2, -0.15) is 5.26 Å². The van der Waals surface area contributed by atoms with Gasteiger partial charge < -0.3 is 44.4 Å². The number of nitriles is 1. The molecule has 1 saturated carbocycles. The number of benzene rings is 4. The maximum atomic E-state index is 14.1. The number of aliphatic hydroxyl groups is 3. The molecule has 5 aromatic rings. The summed E-state index contributed by atoms with van der Waals surface area (Å²) < 4.78 is 22.3. The third kappa shape index (κ3) is 11.5. The van der Waals surface area contributed by atoms with Crippen LogP contribution in [-0.2, 0) is 27.5 Å². The topological polar surface area (TPSA) is 212 Å². The van der Waals surface area contributed by atoms with Crippen molar-refractivity contribution in [3.05, 3.63) is 131 Å². The molecule has 2 heterocycles. The van der Waals surface area contributed by atoms with Crippen LogP contribution < -0.4 is 20.7 Å². The molecule has 2 aliphatic rings. The van der Waals surface area contributed by atoms with E-state index in [9.17, 15) is 29.9 Å². The summed E-state index contributed by atoms with van der Waals surface area (Å²) in [6.07, 6.45) is -0.441. The average Bonchev–Trinajstić information content (AvgIpc) is 3.93. The Balaban J connectivity index is 0.859. The van der Waals surface area contributed by atoms with Crippen LogP contribution in [0, 0.1) is 41.4 Å². The number of aryl methyl sites for hydroxylation is 2. The number of likely N-dealkylation sites (tertiary alicyclic amines) is 1. The predicted octanol–water partition coefficient (Wildman–Crippen LogP) is 7.21. The van der Waals surface area contributed by atoms with Crippen LogP contribution in [0.4, 0.5) is 0 Å². The lowest BCUT2D eigenvalue weighted by Crippen LogP contribution is -2.74. The van der Waals surface area contributed by atoms with E-state index >= 15 is 0 Å². The molecule has 0 spiro atoms. The Morgan fingerprint density at radius 1 is 0.942 bits per heavy atom. The van der Waals surface area contributed by atoms with Crippen LogP contribution >= 0.6 is 0 Å². The van der Waals surface area contributed by atoms with Gasteiger partial charge in [0.1, 0.15) is 30.4 Å². The van der Waals surface area contributed by atoms with Crippen molar-refractivity contribution in [2.45, 2.75) is 118 Å². The molecule has 4 atom stereocenters. The molecular weight excluding hydrogens is 877 g/mol. The number of carbonyl (C=O) groups is 3. The molecule has 15 heteroatoms. The molecule has 1 saturated heterocycles. The molecule has 6 N–H and O–H groups in total. The fourth-order valence-electron chi connectivity index (χ4n) is 9.91. The van der Waals surface area contributed by atoms with Crippen molar-refractivity contribution in [1.29, 1.82) is 5.26 Å². The third-order valence-electron chi connectivity index (χ3n) is 13.4. The zero-order chi connectivity index (χ0) is 49.8. The molecule has 69 heavy (non-hydrogen) atoms. The second-order valence-electron chi connectivity index (χ2n) is 20.6. The number of aliphatic hydroxyl groups excluding tert-OH is 2. The van der Waals surface area contributed by atoms with E-state index in [4.69, 9.17) is 18.6 Å². The van der Waals surface area contributed by atoms with Crippen LogP contribution in [0.2, 0.25) is 0 Å². The van der Waals surface area contributed by atoms with Gasteiger partial charge in [0.2, 0.25) is 11.8 Å². The lowest BCUT2D eigenvalue weighted by atomic mass is 9.49. The fourth-order valence-corrected chi connectivity index (χ4v) is 9.91. The molecular formula is C54H65N6O9+. The van der Waals surface area contributed by atoms with Crippen molar-refractivity contribution in [2.75, 3.05) is 13.2 Å². The van der Waals surface area contributed by atoms with E-state index < -0.39 is 41.6 Å². The number of rotatable bonds is 17. The number of oxazole rings is 1. The molecule has 2 fully saturated rings. The second kappa shape index (κ2) is 20.6. The zero-order valence-electron chi connectivity index (χ0n) is 40.9. The highest BCUT2D eigenvalue weighted by Gasteiger charge is 2.67. The summed E-state index contributed by atoms with van der Waals surface area (Å²) in [5.74, 6) is 1.57. The summed E-state index contributed by atoms with van der Waals surface area (Å²) in [5, 5.41) is 40.4. The number of hydrogen-bond acceptors (Lipinski definition) is 11. The molecule has 0 radical (unpaired) electrons. The Kier molecular flexibility index (Phi) is 15.0. The normalized spacial score (nSPS) is 20.2. The highest BCUT2D eigenvalue weighted by Crippen LogP contribution is 2.56. The van der Waals surface area contributed by atoms with Crippen LogP contribution in [-0.4, -0.2) is 92.3 Å². The first-order valence-electron chi connectivity index (χ1n) is 23.3. The fraction of sp³-hybridized carbons (Fsp3) is 0.426. The van der Waals surface area contributed by atoms with Crippen LogP contribution in [0.1, 0.15) is 93.2 Å². The van der Waals surface area contributed by atoms with Gasteiger partial charge in [-0.3, -0.25) is 19.7 Å². The summed E-state index contributed by atoms with van der Waals surface area (Å²) in [6.45, 7) is 17.9. The van der Waals surface area contributed by atoms with Crippen LogP contribution in [0.5, 0.6) is 17.2 Å². The summed E-state index contributed by atoms with van der Waals surface area (Å²) in [7, 11) is 0. The Morgan fingerprint density at radius 2 is 1.58 bits per heavy atom. The van der Waals surface area contributed by atoms with Crippen molar-refractivity contribution < 1.29 is 43.2 Å². The van der Waals surface area contributed by atoms with Gasteiger partial charge in [0.05, 0.1) is 53.0 Å². The van der Waals surface area contributed by atoms with E-state index in [1.807, 2.05) is 83.1 Å². The maximum Gasteiger partial charge on any atom is 0.255 e. The second-order valence-corrected chi connectivity index (χ2v) is 20.6. The molecule has 3 amide bonds. The van der Waals surface area contributed by atoms with E-state index in [2.05, 4.69) is 54.7 Å². The minimum absolute atomic E-state index is 0.0219. The van der Waals surface area contributed by atoms with Crippen molar-refractivity contribution in [3.63, 3.8) is 0 Å². The SMILES string of the molecule is Cc1cc([OH+]C2C(C)(C)C(NC(=O)c3ccc(Oc4ccc(COCC(=O)NC(C(=O)N5C[C@H](O)C[C@H]5C(O)NCc5ccc(-c6ocnc6C)cc5)C(C)(C)C)cc4)cc3)C2(C)C)ccc1C#N. The minimum Gasteiger partial charge on any atom is -0.580 e. The quantitative estimate of drug-likeness (QED) is 0.0464.